The summed E-state index contributed by atoms with van der Waals surface area (Å²) in [5.74, 6) is -0.207. The zero-order chi connectivity index (χ0) is 10.8. The molecule has 4 nitrogen and oxygen atoms in total. The smallest absolute Gasteiger partial charge is 0.421 e. The van der Waals surface area contributed by atoms with Crippen LogP contribution in [0.15, 0.2) is 12.3 Å². The molecule has 0 radical (unpaired) electrons. The molecule has 0 aliphatic carbocycles. The van der Waals surface area contributed by atoms with E-state index in [-0.39, 0.29) is 5.91 Å². The van der Waals surface area contributed by atoms with Gasteiger partial charge in [-0.1, -0.05) is 6.08 Å². The molecule has 0 saturated heterocycles. The number of hydrogen-bond donors (Lipinski definition) is 0. The molecule has 1 aliphatic rings. The Morgan fingerprint density at radius 1 is 1.50 bits per heavy atom. The van der Waals surface area contributed by atoms with E-state index in [2.05, 4.69) is 0 Å². The van der Waals surface area contributed by atoms with Crippen molar-refractivity contribution in [3.05, 3.63) is 12.3 Å². The van der Waals surface area contributed by atoms with Gasteiger partial charge in [0.15, 0.2) is 0 Å². The maximum atomic E-state index is 11.5. The molecule has 78 valence electrons. The summed E-state index contributed by atoms with van der Waals surface area (Å²) >= 11 is 0. The predicted molar refractivity (Wildman–Crippen MR) is 51.5 cm³/mol. The zero-order valence-corrected chi connectivity index (χ0v) is 8.74. The maximum Gasteiger partial charge on any atom is 0.421 e. The third-order valence-electron chi connectivity index (χ3n) is 1.64. The topological polar surface area (TPSA) is 46.6 Å². The van der Waals surface area contributed by atoms with Gasteiger partial charge in [-0.2, -0.15) is 0 Å². The third-order valence-corrected chi connectivity index (χ3v) is 1.64. The van der Waals surface area contributed by atoms with Crippen LogP contribution in [-0.4, -0.2) is 22.5 Å². The first kappa shape index (κ1) is 10.8. The average Bonchev–Trinajstić information content (AvgIpc) is 2.01. The first-order chi connectivity index (χ1) is 6.40. The van der Waals surface area contributed by atoms with Gasteiger partial charge in [0.25, 0.3) is 0 Å². The highest BCUT2D eigenvalue weighted by Crippen LogP contribution is 2.14. The Hall–Kier alpha value is -1.32. The van der Waals surface area contributed by atoms with Gasteiger partial charge in [0, 0.05) is 12.6 Å². The van der Waals surface area contributed by atoms with Gasteiger partial charge in [0.1, 0.15) is 5.60 Å². The molecule has 0 atom stereocenters. The van der Waals surface area contributed by atoms with Crippen molar-refractivity contribution in [2.45, 2.75) is 39.2 Å². The van der Waals surface area contributed by atoms with E-state index >= 15 is 0 Å². The van der Waals surface area contributed by atoms with Crippen molar-refractivity contribution >= 4 is 12.0 Å². The molecule has 0 aromatic carbocycles. The molecule has 0 bridgehead atoms. The molecule has 0 aromatic rings. The molecule has 4 heteroatoms. The van der Waals surface area contributed by atoms with E-state index in [1.165, 1.54) is 6.20 Å². The highest BCUT2D eigenvalue weighted by atomic mass is 16.6. The number of carbonyl (C=O) groups excluding carboxylic acids is 2. The number of imide groups is 1. The molecule has 0 unspecified atom stereocenters. The number of allylic oxidation sites excluding steroid dienone is 1. The lowest BCUT2D eigenvalue weighted by Crippen LogP contribution is -2.38. The normalized spacial score (nSPS) is 17.1. The largest absolute Gasteiger partial charge is 0.443 e. The Morgan fingerprint density at radius 3 is 2.64 bits per heavy atom. The summed E-state index contributed by atoms with van der Waals surface area (Å²) in [6, 6.07) is 0. The van der Waals surface area contributed by atoms with Gasteiger partial charge < -0.3 is 4.74 Å². The van der Waals surface area contributed by atoms with Gasteiger partial charge in [-0.05, 0) is 27.2 Å². The van der Waals surface area contributed by atoms with Gasteiger partial charge in [-0.15, -0.1) is 0 Å². The van der Waals surface area contributed by atoms with Crippen LogP contribution < -0.4 is 0 Å². The Kier molecular flexibility index (Phi) is 2.93. The number of rotatable bonds is 0. The molecule has 14 heavy (non-hydrogen) atoms. The number of carbonyl (C=O) groups is 2. The summed E-state index contributed by atoms with van der Waals surface area (Å²) < 4.78 is 5.06. The highest BCUT2D eigenvalue weighted by molar-refractivity contribution is 5.94. The van der Waals surface area contributed by atoms with E-state index in [1.807, 2.05) is 0 Å². The second kappa shape index (κ2) is 3.82. The molecule has 0 aromatic heterocycles. The number of nitrogens with zero attached hydrogens (tertiary/aromatic N) is 1. The minimum Gasteiger partial charge on any atom is -0.443 e. The van der Waals surface area contributed by atoms with Crippen LogP contribution in [0.5, 0.6) is 0 Å². The molecule has 0 N–H and O–H groups in total. The van der Waals surface area contributed by atoms with Gasteiger partial charge in [0.2, 0.25) is 5.91 Å². The van der Waals surface area contributed by atoms with Gasteiger partial charge in [-0.25, -0.2) is 9.69 Å². The van der Waals surface area contributed by atoms with Crippen LogP contribution >= 0.6 is 0 Å². The summed E-state index contributed by atoms with van der Waals surface area (Å²) in [6.07, 6.45) is 3.72. The van der Waals surface area contributed by atoms with Crippen molar-refractivity contribution in [2.75, 3.05) is 0 Å². The second-order valence-electron chi connectivity index (χ2n) is 4.17. The molecular weight excluding hydrogens is 182 g/mol. The standard InChI is InChI=1S/C10H15NO3/c1-10(2,3)14-9(13)11-7-5-4-6-8(11)12/h5,7H,4,6H2,1-3H3. The van der Waals surface area contributed by atoms with E-state index < -0.39 is 11.7 Å². The molecule has 1 heterocycles. The molecule has 1 rings (SSSR count). The van der Waals surface area contributed by atoms with Crippen LogP contribution in [0.2, 0.25) is 0 Å². The van der Waals surface area contributed by atoms with E-state index in [0.717, 1.165) is 4.90 Å². The molecule has 1 aliphatic heterocycles. The summed E-state index contributed by atoms with van der Waals surface area (Å²) in [6.45, 7) is 5.30. The van der Waals surface area contributed by atoms with Crippen molar-refractivity contribution in [1.29, 1.82) is 0 Å². The molecule has 2 amide bonds. The molecular formula is C10H15NO3. The van der Waals surface area contributed by atoms with Crippen LogP contribution in [0.3, 0.4) is 0 Å². The first-order valence-electron chi connectivity index (χ1n) is 4.62. The fraction of sp³-hybridized carbons (Fsp3) is 0.600. The lowest BCUT2D eigenvalue weighted by molar-refractivity contribution is -0.128. The Bertz CT molecular complexity index is 276. The Labute approximate surface area is 83.5 Å². The van der Waals surface area contributed by atoms with Crippen LogP contribution in [0, 0.1) is 0 Å². The van der Waals surface area contributed by atoms with E-state index in [0.29, 0.717) is 12.8 Å². The van der Waals surface area contributed by atoms with E-state index in [9.17, 15) is 9.59 Å². The summed E-state index contributed by atoms with van der Waals surface area (Å²) in [4.78, 5) is 23.8. The second-order valence-corrected chi connectivity index (χ2v) is 4.17. The Balaban J connectivity index is 2.64. The lowest BCUT2D eigenvalue weighted by Gasteiger charge is -2.25. The van der Waals surface area contributed by atoms with E-state index in [4.69, 9.17) is 4.74 Å². The molecule has 0 saturated carbocycles. The number of ether oxygens (including phenoxy) is 1. The summed E-state index contributed by atoms with van der Waals surface area (Å²) in [5.41, 5.74) is -0.567. The zero-order valence-electron chi connectivity index (χ0n) is 8.74. The van der Waals surface area contributed by atoms with Gasteiger partial charge in [0.05, 0.1) is 0 Å². The fourth-order valence-electron chi connectivity index (χ4n) is 1.06. The van der Waals surface area contributed by atoms with E-state index in [1.54, 1.807) is 26.8 Å². The van der Waals surface area contributed by atoms with Crippen molar-refractivity contribution in [2.24, 2.45) is 0 Å². The SMILES string of the molecule is CC(C)(C)OC(=O)N1C=CCCC1=O. The fourth-order valence-corrected chi connectivity index (χ4v) is 1.06. The van der Waals surface area contributed by atoms with Crippen LogP contribution in [0.4, 0.5) is 4.79 Å². The summed E-state index contributed by atoms with van der Waals surface area (Å²) in [7, 11) is 0. The van der Waals surface area contributed by atoms with Crippen LogP contribution in [0.25, 0.3) is 0 Å². The van der Waals surface area contributed by atoms with Crippen molar-refractivity contribution in [3.8, 4) is 0 Å². The minimum absolute atomic E-state index is 0.207. The summed E-state index contributed by atoms with van der Waals surface area (Å²) in [5, 5.41) is 0. The van der Waals surface area contributed by atoms with Crippen molar-refractivity contribution < 1.29 is 14.3 Å². The number of hydrogen-bond acceptors (Lipinski definition) is 3. The maximum absolute atomic E-state index is 11.5. The average molecular weight is 197 g/mol. The van der Waals surface area contributed by atoms with Gasteiger partial charge >= 0.3 is 6.09 Å². The van der Waals surface area contributed by atoms with Crippen LogP contribution in [-0.2, 0) is 9.53 Å². The van der Waals surface area contributed by atoms with Crippen LogP contribution in [0.1, 0.15) is 33.6 Å². The van der Waals surface area contributed by atoms with Gasteiger partial charge in [-0.3, -0.25) is 4.79 Å². The Morgan fingerprint density at radius 2 is 2.14 bits per heavy atom. The number of amides is 2. The van der Waals surface area contributed by atoms with Crippen molar-refractivity contribution in [1.82, 2.24) is 4.90 Å². The predicted octanol–water partition coefficient (Wildman–Crippen LogP) is 2.06. The highest BCUT2D eigenvalue weighted by Gasteiger charge is 2.26. The third kappa shape index (κ3) is 2.87. The monoisotopic (exact) mass is 197 g/mol. The van der Waals surface area contributed by atoms with Crippen molar-refractivity contribution in [3.63, 3.8) is 0 Å². The quantitative estimate of drug-likeness (QED) is 0.597. The lowest BCUT2D eigenvalue weighted by atomic mass is 10.2. The molecule has 0 spiro atoms. The molecule has 0 fully saturated rings. The minimum atomic E-state index is -0.599. The first-order valence-corrected chi connectivity index (χ1v) is 4.62.